The quantitative estimate of drug-likeness (QED) is 0.322. The molecule has 0 bridgehead atoms. The number of nitrogens with one attached hydrogen (secondary N) is 3. The minimum atomic E-state index is -0.306. The first-order valence-electron chi connectivity index (χ1n) is 8.79. The number of nitrogens with zero attached hydrogens (tertiary/aromatic N) is 1. The lowest BCUT2D eigenvalue weighted by Gasteiger charge is -2.11. The van der Waals surface area contributed by atoms with Gasteiger partial charge in [0.1, 0.15) is 5.75 Å². The Labute approximate surface area is 167 Å². The number of rotatable bonds is 9. The molecular formula is C19H22ClN5O3. The van der Waals surface area contributed by atoms with Crippen LogP contribution in [0.25, 0.3) is 22.2 Å². The van der Waals surface area contributed by atoms with Crippen LogP contribution < -0.4 is 21.3 Å². The van der Waals surface area contributed by atoms with Crippen LogP contribution in [-0.4, -0.2) is 42.1 Å². The van der Waals surface area contributed by atoms with Crippen LogP contribution in [0, 0.1) is 0 Å². The monoisotopic (exact) mass is 403 g/mol. The third-order valence-electron chi connectivity index (χ3n) is 4.32. The highest BCUT2D eigenvalue weighted by Gasteiger charge is 2.13. The van der Waals surface area contributed by atoms with Crippen molar-refractivity contribution in [3.63, 3.8) is 0 Å². The maximum absolute atomic E-state index is 12.3. The molecule has 0 radical (unpaired) electrons. The minimum Gasteiger partial charge on any atom is -0.497 e. The van der Waals surface area contributed by atoms with Gasteiger partial charge >= 0.3 is 0 Å². The Morgan fingerprint density at radius 3 is 2.71 bits per heavy atom. The van der Waals surface area contributed by atoms with Crippen molar-refractivity contribution in [2.24, 2.45) is 5.73 Å². The van der Waals surface area contributed by atoms with Crippen LogP contribution in [0.4, 0.5) is 0 Å². The Balaban J connectivity index is 1.67. The Morgan fingerprint density at radius 1 is 1.25 bits per heavy atom. The number of ether oxygens (including phenoxy) is 1. The van der Waals surface area contributed by atoms with Gasteiger partial charge in [0.15, 0.2) is 5.82 Å². The first-order valence-corrected chi connectivity index (χ1v) is 9.10. The standard InChI is InChI=1S/C19H22ClN5O3/c1-27-15-5-2-12(3-6-15)13-4-7-16-17(10-13)25-18(24-16)19(26)22-11-14(21)8-9-23-28-20/h2-7,10,14,23H,8-9,11,21H2,1H3,(H,22,26)(H,24,25)/t14-/m0/s1. The largest absolute Gasteiger partial charge is 0.497 e. The zero-order chi connectivity index (χ0) is 19.9. The van der Waals surface area contributed by atoms with Crippen LogP contribution in [0.15, 0.2) is 42.5 Å². The lowest BCUT2D eigenvalue weighted by Crippen LogP contribution is -2.39. The number of methoxy groups -OCH3 is 1. The molecule has 0 aliphatic carbocycles. The normalized spacial score (nSPS) is 12.1. The van der Waals surface area contributed by atoms with E-state index in [9.17, 15) is 4.79 Å². The number of nitrogens with two attached hydrogens (primary N) is 1. The molecule has 1 heterocycles. The number of benzene rings is 2. The first kappa shape index (κ1) is 20.1. The molecule has 9 heteroatoms. The second kappa shape index (κ2) is 9.52. The predicted octanol–water partition coefficient (Wildman–Crippen LogP) is 2.36. The Bertz CT molecular complexity index is 929. The number of halogens is 1. The summed E-state index contributed by atoms with van der Waals surface area (Å²) in [7, 11) is 1.64. The average molecular weight is 404 g/mol. The summed E-state index contributed by atoms with van der Waals surface area (Å²) in [6, 6.07) is 13.4. The highest BCUT2D eigenvalue weighted by Crippen LogP contribution is 2.25. The molecular weight excluding hydrogens is 382 g/mol. The van der Waals surface area contributed by atoms with Crippen LogP contribution in [0.5, 0.6) is 5.75 Å². The summed E-state index contributed by atoms with van der Waals surface area (Å²) in [5.41, 5.74) is 12.0. The van der Waals surface area contributed by atoms with E-state index in [2.05, 4.69) is 25.2 Å². The fourth-order valence-electron chi connectivity index (χ4n) is 2.77. The lowest BCUT2D eigenvalue weighted by atomic mass is 10.1. The summed E-state index contributed by atoms with van der Waals surface area (Å²) in [6.07, 6.45) is 0.596. The molecule has 148 valence electrons. The van der Waals surface area contributed by atoms with E-state index in [-0.39, 0.29) is 17.8 Å². The number of carbonyl (C=O) groups excluding carboxylic acids is 1. The van der Waals surface area contributed by atoms with E-state index in [4.69, 9.17) is 22.3 Å². The number of aromatic amines is 1. The molecule has 5 N–H and O–H groups in total. The van der Waals surface area contributed by atoms with Crippen molar-refractivity contribution in [3.05, 3.63) is 48.3 Å². The summed E-state index contributed by atoms with van der Waals surface area (Å²) < 4.78 is 9.42. The summed E-state index contributed by atoms with van der Waals surface area (Å²) in [6.45, 7) is 0.802. The van der Waals surface area contributed by atoms with Crippen LogP contribution in [0.3, 0.4) is 0 Å². The van der Waals surface area contributed by atoms with Gasteiger partial charge in [0.2, 0.25) is 0 Å². The number of amides is 1. The van der Waals surface area contributed by atoms with Gasteiger partial charge in [0.25, 0.3) is 5.91 Å². The molecule has 1 atom stereocenters. The number of imidazole rings is 1. The number of fused-ring (bicyclic) bond motifs is 1. The number of aromatic nitrogens is 2. The molecule has 0 aliphatic heterocycles. The van der Waals surface area contributed by atoms with Gasteiger partial charge < -0.3 is 20.8 Å². The third kappa shape index (κ3) is 4.99. The molecule has 0 spiro atoms. The number of hydrogen-bond acceptors (Lipinski definition) is 6. The zero-order valence-corrected chi connectivity index (χ0v) is 16.1. The van der Waals surface area contributed by atoms with Gasteiger partial charge in [-0.25, -0.2) is 4.98 Å². The summed E-state index contributed by atoms with van der Waals surface area (Å²) in [4.78, 5) is 19.8. The molecule has 0 aliphatic rings. The van der Waals surface area contributed by atoms with Crippen molar-refractivity contribution in [2.75, 3.05) is 20.2 Å². The van der Waals surface area contributed by atoms with Crippen molar-refractivity contribution in [1.82, 2.24) is 20.8 Å². The molecule has 3 rings (SSSR count). The fourth-order valence-corrected chi connectivity index (χ4v) is 2.85. The van der Waals surface area contributed by atoms with E-state index in [0.29, 0.717) is 19.5 Å². The summed E-state index contributed by atoms with van der Waals surface area (Å²) >= 11 is 5.06. The van der Waals surface area contributed by atoms with Crippen molar-refractivity contribution < 1.29 is 13.9 Å². The topological polar surface area (TPSA) is 114 Å². The lowest BCUT2D eigenvalue weighted by molar-refractivity contribution is 0.0941. The number of hydrogen-bond donors (Lipinski definition) is 4. The van der Waals surface area contributed by atoms with Crippen molar-refractivity contribution in [1.29, 1.82) is 0 Å². The minimum absolute atomic E-state index is 0.227. The van der Waals surface area contributed by atoms with Gasteiger partial charge in [-0.15, -0.1) is 0 Å². The third-order valence-corrected chi connectivity index (χ3v) is 4.43. The number of H-pyrrole nitrogens is 1. The van der Waals surface area contributed by atoms with E-state index in [0.717, 1.165) is 27.9 Å². The van der Waals surface area contributed by atoms with Crippen molar-refractivity contribution in [2.45, 2.75) is 12.5 Å². The van der Waals surface area contributed by atoms with Crippen LogP contribution in [-0.2, 0) is 4.39 Å². The van der Waals surface area contributed by atoms with E-state index in [1.165, 1.54) is 0 Å². The SMILES string of the molecule is COc1ccc(-c2ccc3nc(C(=O)NC[C@@H](N)CCNOCl)[nH]c3c2)cc1. The molecule has 0 saturated heterocycles. The molecule has 1 aromatic heterocycles. The van der Waals surface area contributed by atoms with Crippen LogP contribution in [0.2, 0.25) is 0 Å². The average Bonchev–Trinajstić information content (AvgIpc) is 3.16. The molecule has 3 aromatic rings. The van der Waals surface area contributed by atoms with E-state index >= 15 is 0 Å². The van der Waals surface area contributed by atoms with E-state index in [1.807, 2.05) is 42.5 Å². The summed E-state index contributed by atoms with van der Waals surface area (Å²) in [5, 5.41) is 2.77. The van der Waals surface area contributed by atoms with E-state index < -0.39 is 0 Å². The molecule has 2 aromatic carbocycles. The van der Waals surface area contributed by atoms with Gasteiger partial charge in [0, 0.05) is 19.1 Å². The highest BCUT2D eigenvalue weighted by atomic mass is 35.5. The van der Waals surface area contributed by atoms with Gasteiger partial charge in [-0.05, 0) is 41.8 Å². The molecule has 0 saturated carbocycles. The number of hydroxylamine groups is 1. The fraction of sp³-hybridized carbons (Fsp3) is 0.263. The second-order valence-corrected chi connectivity index (χ2v) is 6.43. The molecule has 8 nitrogen and oxygen atoms in total. The first-order chi connectivity index (χ1) is 13.6. The highest BCUT2D eigenvalue weighted by molar-refractivity contribution is 6.07. The van der Waals surface area contributed by atoms with E-state index in [1.54, 1.807) is 7.11 Å². The second-order valence-electron chi connectivity index (χ2n) is 6.28. The van der Waals surface area contributed by atoms with Gasteiger partial charge in [-0.3, -0.25) is 4.79 Å². The molecule has 0 fully saturated rings. The van der Waals surface area contributed by atoms with Gasteiger partial charge in [-0.1, -0.05) is 18.2 Å². The number of carbonyl (C=O) groups is 1. The Hall–Kier alpha value is -2.65. The van der Waals surface area contributed by atoms with Crippen molar-refractivity contribution >= 4 is 28.8 Å². The Kier molecular flexibility index (Phi) is 6.83. The van der Waals surface area contributed by atoms with Crippen LogP contribution in [0.1, 0.15) is 17.0 Å². The van der Waals surface area contributed by atoms with Crippen molar-refractivity contribution in [3.8, 4) is 16.9 Å². The molecule has 28 heavy (non-hydrogen) atoms. The molecule has 1 amide bonds. The van der Waals surface area contributed by atoms with Gasteiger partial charge in [0.05, 0.1) is 30.0 Å². The van der Waals surface area contributed by atoms with Crippen LogP contribution >= 0.6 is 11.9 Å². The maximum atomic E-state index is 12.3. The van der Waals surface area contributed by atoms with Gasteiger partial charge in [-0.2, -0.15) is 9.87 Å². The molecule has 0 unspecified atom stereocenters. The predicted molar refractivity (Wildman–Crippen MR) is 108 cm³/mol. The maximum Gasteiger partial charge on any atom is 0.287 e. The smallest absolute Gasteiger partial charge is 0.287 e. The summed E-state index contributed by atoms with van der Waals surface area (Å²) in [5.74, 6) is 0.741. The zero-order valence-electron chi connectivity index (χ0n) is 15.4. The Morgan fingerprint density at radius 2 is 2.00 bits per heavy atom.